The number of halogens is 1. The van der Waals surface area contributed by atoms with Crippen molar-refractivity contribution in [1.82, 2.24) is 15.2 Å². The summed E-state index contributed by atoms with van der Waals surface area (Å²) in [6.45, 7) is 6.23. The first kappa shape index (κ1) is 19.3. The molecule has 0 saturated heterocycles. The zero-order valence-electron chi connectivity index (χ0n) is 15.3. The van der Waals surface area contributed by atoms with Crippen LogP contribution in [-0.4, -0.2) is 35.4 Å². The van der Waals surface area contributed by atoms with Gasteiger partial charge in [0.1, 0.15) is 22.3 Å². The van der Waals surface area contributed by atoms with Gasteiger partial charge in [-0.3, -0.25) is 9.69 Å². The van der Waals surface area contributed by atoms with Crippen molar-refractivity contribution in [2.75, 3.05) is 19.6 Å². The van der Waals surface area contributed by atoms with Gasteiger partial charge in [-0.25, -0.2) is 9.37 Å². The Labute approximate surface area is 161 Å². The second-order valence-corrected chi connectivity index (χ2v) is 6.84. The molecule has 2 heterocycles. The van der Waals surface area contributed by atoms with Gasteiger partial charge in [0, 0.05) is 17.5 Å². The summed E-state index contributed by atoms with van der Waals surface area (Å²) in [6, 6.07) is 10.1. The lowest BCUT2D eigenvalue weighted by molar-refractivity contribution is 0.0925. The van der Waals surface area contributed by atoms with Gasteiger partial charge >= 0.3 is 0 Å². The van der Waals surface area contributed by atoms with Gasteiger partial charge < -0.3 is 9.73 Å². The van der Waals surface area contributed by atoms with Crippen LogP contribution in [0, 0.1) is 5.82 Å². The molecule has 0 aliphatic heterocycles. The minimum Gasteiger partial charge on any atom is -0.468 e. The van der Waals surface area contributed by atoms with Crippen LogP contribution in [0.5, 0.6) is 0 Å². The lowest BCUT2D eigenvalue weighted by Gasteiger charge is -2.28. The van der Waals surface area contributed by atoms with Gasteiger partial charge in [0.2, 0.25) is 0 Å². The fourth-order valence-electron chi connectivity index (χ4n) is 2.97. The highest BCUT2D eigenvalue weighted by Gasteiger charge is 2.22. The van der Waals surface area contributed by atoms with Crippen molar-refractivity contribution in [3.05, 3.63) is 65.3 Å². The van der Waals surface area contributed by atoms with Crippen LogP contribution in [0.2, 0.25) is 0 Å². The van der Waals surface area contributed by atoms with Gasteiger partial charge in [0.05, 0.1) is 12.3 Å². The minimum absolute atomic E-state index is 0.0522. The Bertz CT molecular complexity index is 875. The van der Waals surface area contributed by atoms with E-state index in [1.807, 2.05) is 12.1 Å². The van der Waals surface area contributed by atoms with Crippen molar-refractivity contribution in [2.24, 2.45) is 0 Å². The van der Waals surface area contributed by atoms with Crippen molar-refractivity contribution in [2.45, 2.75) is 19.9 Å². The van der Waals surface area contributed by atoms with Crippen molar-refractivity contribution in [3.63, 3.8) is 0 Å². The largest absolute Gasteiger partial charge is 0.468 e. The molecule has 0 fully saturated rings. The smallest absolute Gasteiger partial charge is 0.270 e. The third-order valence-corrected chi connectivity index (χ3v) is 5.30. The summed E-state index contributed by atoms with van der Waals surface area (Å²) in [7, 11) is 0. The van der Waals surface area contributed by atoms with E-state index in [0.29, 0.717) is 17.1 Å². The third-order valence-electron chi connectivity index (χ3n) is 4.42. The normalized spacial score (nSPS) is 12.3. The Kier molecular flexibility index (Phi) is 6.36. The zero-order valence-corrected chi connectivity index (χ0v) is 16.1. The Morgan fingerprint density at radius 2 is 2.04 bits per heavy atom. The number of nitrogens with zero attached hydrogens (tertiary/aromatic N) is 2. The first-order valence-corrected chi connectivity index (χ1v) is 9.78. The summed E-state index contributed by atoms with van der Waals surface area (Å²) < 4.78 is 19.5. The molecule has 0 spiro atoms. The van der Waals surface area contributed by atoms with Crippen LogP contribution in [-0.2, 0) is 0 Å². The van der Waals surface area contributed by atoms with Crippen LogP contribution in [0.1, 0.15) is 36.1 Å². The van der Waals surface area contributed by atoms with E-state index in [-0.39, 0.29) is 23.5 Å². The summed E-state index contributed by atoms with van der Waals surface area (Å²) in [4.78, 5) is 19.0. The van der Waals surface area contributed by atoms with E-state index >= 15 is 0 Å². The number of hydrogen-bond donors (Lipinski definition) is 1. The fraction of sp³-hybridized carbons (Fsp3) is 0.300. The zero-order chi connectivity index (χ0) is 19.2. The van der Waals surface area contributed by atoms with Gasteiger partial charge in [-0.15, -0.1) is 11.3 Å². The van der Waals surface area contributed by atoms with Crippen LogP contribution >= 0.6 is 11.3 Å². The maximum Gasteiger partial charge on any atom is 0.270 e. The number of aromatic nitrogens is 1. The summed E-state index contributed by atoms with van der Waals surface area (Å²) in [5.41, 5.74) is 0.689. The second-order valence-electron chi connectivity index (χ2n) is 5.98. The molecule has 1 aromatic carbocycles. The van der Waals surface area contributed by atoms with Crippen molar-refractivity contribution in [3.8, 4) is 10.6 Å². The molecule has 0 bridgehead atoms. The summed E-state index contributed by atoms with van der Waals surface area (Å²) in [6.07, 6.45) is 1.63. The number of benzene rings is 1. The van der Waals surface area contributed by atoms with Crippen LogP contribution in [0.25, 0.3) is 10.6 Å². The number of carbonyl (C=O) groups is 1. The first-order chi connectivity index (χ1) is 13.1. The quantitative estimate of drug-likeness (QED) is 0.624. The highest BCUT2D eigenvalue weighted by molar-refractivity contribution is 7.13. The lowest BCUT2D eigenvalue weighted by Crippen LogP contribution is -2.38. The maximum atomic E-state index is 13.9. The summed E-state index contributed by atoms with van der Waals surface area (Å²) >= 11 is 1.25. The number of rotatable bonds is 8. The Balaban J connectivity index is 1.71. The first-order valence-electron chi connectivity index (χ1n) is 8.90. The molecule has 3 aromatic rings. The third kappa shape index (κ3) is 4.43. The molecule has 2 aromatic heterocycles. The van der Waals surface area contributed by atoms with Gasteiger partial charge in [0.25, 0.3) is 5.91 Å². The molecule has 5 nitrogen and oxygen atoms in total. The number of amides is 1. The SMILES string of the molecule is CCN(CC)C(CNC(=O)c1csc(-c2ccccc2F)n1)c1ccco1. The number of nitrogens with one attached hydrogen (secondary N) is 1. The van der Waals surface area contributed by atoms with Crippen LogP contribution in [0.3, 0.4) is 0 Å². The second kappa shape index (κ2) is 8.92. The molecular formula is C20H22FN3O2S. The van der Waals surface area contributed by atoms with Crippen LogP contribution in [0.15, 0.2) is 52.5 Å². The molecule has 3 rings (SSSR count). The molecule has 0 radical (unpaired) electrons. The topological polar surface area (TPSA) is 58.4 Å². The van der Waals surface area contributed by atoms with Crippen LogP contribution in [0.4, 0.5) is 4.39 Å². The number of furan rings is 1. The van der Waals surface area contributed by atoms with Crippen LogP contribution < -0.4 is 5.32 Å². The van der Waals surface area contributed by atoms with Crippen molar-refractivity contribution in [1.29, 1.82) is 0 Å². The number of carbonyl (C=O) groups excluding carboxylic acids is 1. The minimum atomic E-state index is -0.349. The molecule has 0 aliphatic carbocycles. The van der Waals surface area contributed by atoms with E-state index in [0.717, 1.165) is 18.8 Å². The van der Waals surface area contributed by atoms with E-state index in [1.54, 1.807) is 29.8 Å². The number of hydrogen-bond acceptors (Lipinski definition) is 5. The Morgan fingerprint density at radius 1 is 1.26 bits per heavy atom. The van der Waals surface area contributed by atoms with E-state index in [1.165, 1.54) is 17.4 Å². The fourth-order valence-corrected chi connectivity index (χ4v) is 3.80. The molecule has 1 unspecified atom stereocenters. The summed E-state index contributed by atoms with van der Waals surface area (Å²) in [5.74, 6) is 0.181. The van der Waals surface area contributed by atoms with Gasteiger partial charge in [0.15, 0.2) is 0 Å². The molecular weight excluding hydrogens is 365 g/mol. The van der Waals surface area contributed by atoms with E-state index in [2.05, 4.69) is 29.0 Å². The molecule has 1 atom stereocenters. The predicted octanol–water partition coefficient (Wildman–Crippen LogP) is 4.36. The Hall–Kier alpha value is -2.51. The predicted molar refractivity (Wildman–Crippen MR) is 104 cm³/mol. The van der Waals surface area contributed by atoms with Crippen molar-refractivity contribution >= 4 is 17.2 Å². The molecule has 7 heteroatoms. The van der Waals surface area contributed by atoms with Gasteiger partial charge in [-0.1, -0.05) is 26.0 Å². The lowest BCUT2D eigenvalue weighted by atomic mass is 10.2. The standard InChI is InChI=1S/C20H22FN3O2S/c1-3-24(4-2)17(18-10-7-11-26-18)12-22-19(25)16-13-27-20(23-16)14-8-5-6-9-15(14)21/h5-11,13,17H,3-4,12H2,1-2H3,(H,22,25). The molecule has 1 amide bonds. The molecule has 0 saturated carbocycles. The monoisotopic (exact) mass is 387 g/mol. The Morgan fingerprint density at radius 3 is 2.70 bits per heavy atom. The summed E-state index contributed by atoms with van der Waals surface area (Å²) in [5, 5.41) is 5.07. The average Bonchev–Trinajstić information content (AvgIpc) is 3.37. The van der Waals surface area contributed by atoms with Crippen molar-refractivity contribution < 1.29 is 13.6 Å². The van der Waals surface area contributed by atoms with E-state index in [4.69, 9.17) is 4.42 Å². The molecule has 27 heavy (non-hydrogen) atoms. The molecule has 0 aliphatic rings. The number of thiazole rings is 1. The molecule has 142 valence electrons. The maximum absolute atomic E-state index is 13.9. The molecule has 1 N–H and O–H groups in total. The van der Waals surface area contributed by atoms with Gasteiger partial charge in [-0.2, -0.15) is 0 Å². The highest BCUT2D eigenvalue weighted by atomic mass is 32.1. The van der Waals surface area contributed by atoms with E-state index in [9.17, 15) is 9.18 Å². The highest BCUT2D eigenvalue weighted by Crippen LogP contribution is 2.26. The van der Waals surface area contributed by atoms with E-state index < -0.39 is 0 Å². The van der Waals surface area contributed by atoms with Gasteiger partial charge in [-0.05, 0) is 37.4 Å². The average molecular weight is 387 g/mol. The number of likely N-dealkylation sites (N-methyl/N-ethyl adjacent to an activating group) is 1.